The molecule has 0 bridgehead atoms. The molecule has 1 saturated heterocycles. The maximum absolute atomic E-state index is 13.1. The average Bonchev–Trinajstić information content (AvgIpc) is 3.52. The lowest BCUT2D eigenvalue weighted by atomic mass is 9.77. The van der Waals surface area contributed by atoms with Crippen molar-refractivity contribution in [2.45, 2.75) is 49.9 Å². The van der Waals surface area contributed by atoms with Crippen LogP contribution in [0.25, 0.3) is 0 Å². The number of piperidine rings is 1. The zero-order chi connectivity index (χ0) is 20.2. The monoisotopic (exact) mass is 395 g/mol. The lowest BCUT2D eigenvalue weighted by Gasteiger charge is -2.40. The van der Waals surface area contributed by atoms with Crippen molar-refractivity contribution in [1.82, 2.24) is 14.9 Å². The van der Waals surface area contributed by atoms with Gasteiger partial charge in [0.15, 0.2) is 11.5 Å². The number of carbonyl (C=O) groups excluding carboxylic acids is 1. The number of amides is 1. The van der Waals surface area contributed by atoms with Gasteiger partial charge in [0.2, 0.25) is 0 Å². The van der Waals surface area contributed by atoms with Crippen LogP contribution in [0.4, 0.5) is 0 Å². The van der Waals surface area contributed by atoms with Gasteiger partial charge >= 0.3 is 0 Å². The number of methoxy groups -OCH3 is 1. The molecule has 1 spiro atoms. The lowest BCUT2D eigenvalue weighted by Crippen LogP contribution is -2.48. The highest BCUT2D eigenvalue weighted by Crippen LogP contribution is 2.45. The predicted molar refractivity (Wildman–Crippen MR) is 107 cm³/mol. The Morgan fingerprint density at radius 2 is 2.17 bits per heavy atom. The molecule has 5 rings (SSSR count). The molecule has 2 aromatic rings. The highest BCUT2D eigenvalue weighted by atomic mass is 16.5. The van der Waals surface area contributed by atoms with E-state index in [0.717, 1.165) is 49.2 Å². The number of phenols is 1. The third-order valence-corrected chi connectivity index (χ3v) is 6.64. The van der Waals surface area contributed by atoms with Gasteiger partial charge in [-0.15, -0.1) is 0 Å². The fourth-order valence-electron chi connectivity index (χ4n) is 4.93. The van der Waals surface area contributed by atoms with Gasteiger partial charge in [0.1, 0.15) is 5.82 Å². The lowest BCUT2D eigenvalue weighted by molar-refractivity contribution is 0.0632. The number of fused-ring (bicyclic) bond motifs is 2. The first-order valence-corrected chi connectivity index (χ1v) is 10.3. The van der Waals surface area contributed by atoms with E-state index in [0.29, 0.717) is 36.7 Å². The molecule has 29 heavy (non-hydrogen) atoms. The zero-order valence-electron chi connectivity index (χ0n) is 16.5. The van der Waals surface area contributed by atoms with Crippen LogP contribution in [0.15, 0.2) is 23.0 Å². The molecule has 1 atom stereocenters. The van der Waals surface area contributed by atoms with E-state index in [-0.39, 0.29) is 22.6 Å². The number of aromatic hydroxyl groups is 1. The predicted octanol–water partition coefficient (Wildman–Crippen LogP) is 2.48. The number of ether oxygens (including phenoxy) is 1. The van der Waals surface area contributed by atoms with Gasteiger partial charge in [0, 0.05) is 35.5 Å². The zero-order valence-corrected chi connectivity index (χ0v) is 16.5. The normalized spacial score (nSPS) is 23.3. The van der Waals surface area contributed by atoms with Gasteiger partial charge in [-0.05, 0) is 56.7 Å². The van der Waals surface area contributed by atoms with Crippen LogP contribution in [0.3, 0.4) is 0 Å². The summed E-state index contributed by atoms with van der Waals surface area (Å²) in [5, 5.41) is 10.0. The summed E-state index contributed by atoms with van der Waals surface area (Å²) < 4.78 is 5.07. The Morgan fingerprint density at radius 1 is 1.34 bits per heavy atom. The molecular weight excluding hydrogens is 370 g/mol. The van der Waals surface area contributed by atoms with Crippen molar-refractivity contribution >= 4 is 5.91 Å². The van der Waals surface area contributed by atoms with E-state index in [1.807, 2.05) is 4.90 Å². The Kier molecular flexibility index (Phi) is 4.15. The minimum absolute atomic E-state index is 0.00250. The second-order valence-corrected chi connectivity index (χ2v) is 8.55. The van der Waals surface area contributed by atoms with Crippen LogP contribution in [0, 0.1) is 0 Å². The average molecular weight is 395 g/mol. The van der Waals surface area contributed by atoms with Crippen LogP contribution in [0.1, 0.15) is 65.5 Å². The van der Waals surface area contributed by atoms with Crippen molar-refractivity contribution in [3.63, 3.8) is 0 Å². The summed E-state index contributed by atoms with van der Waals surface area (Å²) in [4.78, 5) is 35.5. The molecule has 1 aromatic heterocycles. The molecule has 2 N–H and O–H groups in total. The summed E-state index contributed by atoms with van der Waals surface area (Å²) in [6.45, 7) is 1.23. The molecule has 1 aromatic carbocycles. The summed E-state index contributed by atoms with van der Waals surface area (Å²) in [5.41, 5.74) is 1.91. The Hall–Kier alpha value is -2.83. The van der Waals surface area contributed by atoms with E-state index in [9.17, 15) is 14.7 Å². The number of nitrogens with zero attached hydrogens (tertiary/aromatic N) is 2. The highest BCUT2D eigenvalue weighted by molar-refractivity contribution is 5.95. The maximum Gasteiger partial charge on any atom is 0.254 e. The van der Waals surface area contributed by atoms with Crippen molar-refractivity contribution in [3.05, 3.63) is 51.2 Å². The van der Waals surface area contributed by atoms with Gasteiger partial charge in [-0.3, -0.25) is 9.59 Å². The molecule has 1 unspecified atom stereocenters. The fourth-order valence-corrected chi connectivity index (χ4v) is 4.93. The van der Waals surface area contributed by atoms with E-state index >= 15 is 0 Å². The molecule has 1 saturated carbocycles. The summed E-state index contributed by atoms with van der Waals surface area (Å²) >= 11 is 0. The first-order valence-electron chi connectivity index (χ1n) is 10.3. The van der Waals surface area contributed by atoms with Gasteiger partial charge < -0.3 is 19.7 Å². The number of likely N-dealkylation sites (tertiary alicyclic amines) is 1. The van der Waals surface area contributed by atoms with Crippen LogP contribution in [-0.2, 0) is 11.8 Å². The van der Waals surface area contributed by atoms with E-state index in [2.05, 4.69) is 4.98 Å². The Morgan fingerprint density at radius 3 is 2.90 bits per heavy atom. The Labute approximate surface area is 168 Å². The number of phenolic OH excluding ortho intramolecular Hbond substituents is 1. The Balaban J connectivity index is 1.45. The SMILES string of the molecule is COc1ccc(C(=O)N2CCCC3(CCc4c3nc(C3CC3)[nH]c4=O)C2)cc1O. The number of H-pyrrole nitrogens is 1. The van der Waals surface area contributed by atoms with Crippen LogP contribution in [0.5, 0.6) is 11.5 Å². The van der Waals surface area contributed by atoms with Gasteiger partial charge in [-0.25, -0.2) is 4.98 Å². The van der Waals surface area contributed by atoms with Crippen molar-refractivity contribution in [1.29, 1.82) is 0 Å². The molecule has 7 nitrogen and oxygen atoms in total. The number of aromatic amines is 1. The number of carbonyl (C=O) groups is 1. The third kappa shape index (κ3) is 2.99. The first kappa shape index (κ1) is 18.2. The van der Waals surface area contributed by atoms with Crippen LogP contribution < -0.4 is 10.3 Å². The van der Waals surface area contributed by atoms with Gasteiger partial charge in [0.05, 0.1) is 12.8 Å². The van der Waals surface area contributed by atoms with E-state index < -0.39 is 0 Å². The number of hydrogen-bond acceptors (Lipinski definition) is 5. The van der Waals surface area contributed by atoms with Gasteiger partial charge in [-0.2, -0.15) is 0 Å². The molecule has 2 aliphatic carbocycles. The molecular formula is C22H25N3O4. The third-order valence-electron chi connectivity index (χ3n) is 6.64. The summed E-state index contributed by atoms with van der Waals surface area (Å²) in [7, 11) is 1.48. The summed E-state index contributed by atoms with van der Waals surface area (Å²) in [5.74, 6) is 1.39. The number of aromatic nitrogens is 2. The van der Waals surface area contributed by atoms with Gasteiger partial charge in [0.25, 0.3) is 11.5 Å². The number of rotatable bonds is 3. The van der Waals surface area contributed by atoms with Crippen molar-refractivity contribution in [2.75, 3.05) is 20.2 Å². The maximum atomic E-state index is 13.1. The quantitative estimate of drug-likeness (QED) is 0.832. The Bertz CT molecular complexity index is 1040. The van der Waals surface area contributed by atoms with Crippen LogP contribution in [0.2, 0.25) is 0 Å². The van der Waals surface area contributed by atoms with E-state index in [1.165, 1.54) is 13.2 Å². The molecule has 152 valence electrons. The minimum atomic E-state index is -0.240. The number of hydrogen-bond donors (Lipinski definition) is 2. The second-order valence-electron chi connectivity index (χ2n) is 8.55. The number of nitrogens with one attached hydrogen (secondary N) is 1. The van der Waals surface area contributed by atoms with Crippen molar-refractivity contribution < 1.29 is 14.6 Å². The smallest absolute Gasteiger partial charge is 0.254 e. The topological polar surface area (TPSA) is 95.5 Å². The van der Waals surface area contributed by atoms with Crippen LogP contribution in [-0.4, -0.2) is 46.1 Å². The minimum Gasteiger partial charge on any atom is -0.504 e. The summed E-state index contributed by atoms with van der Waals surface area (Å²) in [6, 6.07) is 4.74. The highest BCUT2D eigenvalue weighted by Gasteiger charge is 2.46. The first-order chi connectivity index (χ1) is 14.0. The van der Waals surface area contributed by atoms with E-state index in [1.54, 1.807) is 12.1 Å². The number of benzene rings is 1. The largest absolute Gasteiger partial charge is 0.504 e. The molecule has 0 radical (unpaired) electrons. The fraction of sp³-hybridized carbons (Fsp3) is 0.500. The molecule has 1 aliphatic heterocycles. The van der Waals surface area contributed by atoms with E-state index in [4.69, 9.17) is 9.72 Å². The van der Waals surface area contributed by atoms with Crippen molar-refractivity contribution in [2.24, 2.45) is 0 Å². The molecule has 1 amide bonds. The summed E-state index contributed by atoms with van der Waals surface area (Å²) in [6.07, 6.45) is 5.55. The molecule has 7 heteroatoms. The standard InChI is InChI=1S/C22H25N3O4/c1-29-17-6-5-14(11-16(17)26)21(28)25-10-2-8-22(12-25)9-7-15-18(22)23-19(13-3-4-13)24-20(15)27/h5-6,11,13,26H,2-4,7-10,12H2,1H3,(H,23,24,27). The molecule has 2 heterocycles. The molecule has 3 aliphatic rings. The second kappa shape index (κ2) is 6.61. The van der Waals surface area contributed by atoms with Gasteiger partial charge in [-0.1, -0.05) is 0 Å². The van der Waals surface area contributed by atoms with Crippen molar-refractivity contribution in [3.8, 4) is 11.5 Å². The van der Waals surface area contributed by atoms with Crippen LogP contribution >= 0.6 is 0 Å². The molecule has 2 fully saturated rings.